The van der Waals surface area contributed by atoms with Crippen molar-refractivity contribution in [1.82, 2.24) is 4.90 Å². The summed E-state index contributed by atoms with van der Waals surface area (Å²) in [5.41, 5.74) is 3.33. The minimum absolute atomic E-state index is 0.0417. The molecule has 0 saturated heterocycles. The first-order chi connectivity index (χ1) is 8.52. The van der Waals surface area contributed by atoms with E-state index in [1.165, 1.54) is 11.1 Å². The Morgan fingerprint density at radius 3 is 2.61 bits per heavy atom. The molecule has 3 nitrogen and oxygen atoms in total. The minimum Gasteiger partial charge on any atom is -0.388 e. The summed E-state index contributed by atoms with van der Waals surface area (Å²) in [5, 5.41) is 9.84. The molecule has 1 N–H and O–H groups in total. The van der Waals surface area contributed by atoms with E-state index in [1.54, 1.807) is 0 Å². The third kappa shape index (κ3) is 2.41. The fourth-order valence-corrected chi connectivity index (χ4v) is 2.38. The molecule has 2 rings (SSSR count). The number of hydrogen-bond acceptors (Lipinski definition) is 2. The number of carbonyl (C=O) groups is 1. The summed E-state index contributed by atoms with van der Waals surface area (Å²) in [5.74, 6) is 0.240. The van der Waals surface area contributed by atoms with Crippen LogP contribution in [0.1, 0.15) is 50.0 Å². The molecule has 3 heteroatoms. The first kappa shape index (κ1) is 13.1. The van der Waals surface area contributed by atoms with Gasteiger partial charge in [-0.2, -0.15) is 0 Å². The van der Waals surface area contributed by atoms with Crippen molar-refractivity contribution in [2.45, 2.75) is 46.4 Å². The highest BCUT2D eigenvalue weighted by Crippen LogP contribution is 2.27. The van der Waals surface area contributed by atoms with Crippen molar-refractivity contribution < 1.29 is 9.90 Å². The second kappa shape index (κ2) is 5.11. The van der Waals surface area contributed by atoms with E-state index < -0.39 is 6.10 Å². The third-order valence-electron chi connectivity index (χ3n) is 3.53. The van der Waals surface area contributed by atoms with E-state index in [4.69, 9.17) is 0 Å². The quantitative estimate of drug-likeness (QED) is 0.892. The molecule has 0 aromatic heterocycles. The Kier molecular flexibility index (Phi) is 3.71. The zero-order chi connectivity index (χ0) is 13.3. The van der Waals surface area contributed by atoms with E-state index in [0.29, 0.717) is 19.5 Å². The summed E-state index contributed by atoms with van der Waals surface area (Å²) >= 11 is 0. The van der Waals surface area contributed by atoms with Gasteiger partial charge in [0.05, 0.1) is 6.10 Å². The summed E-state index contributed by atoms with van der Waals surface area (Å²) in [6.07, 6.45) is 0.318. The Morgan fingerprint density at radius 1 is 1.33 bits per heavy atom. The van der Waals surface area contributed by atoms with Crippen LogP contribution in [0.2, 0.25) is 0 Å². The van der Waals surface area contributed by atoms with Crippen molar-refractivity contribution in [2.75, 3.05) is 0 Å². The molecule has 0 spiro atoms. The molecule has 0 aliphatic carbocycles. The number of aliphatic hydroxyl groups is 1. The fraction of sp³-hybridized carbons (Fsp3) is 0.533. The predicted molar refractivity (Wildman–Crippen MR) is 70.8 cm³/mol. The van der Waals surface area contributed by atoms with Crippen molar-refractivity contribution >= 4 is 5.91 Å². The molecule has 1 aliphatic rings. The van der Waals surface area contributed by atoms with Gasteiger partial charge in [0.1, 0.15) is 0 Å². The molecule has 1 unspecified atom stereocenters. The molecule has 0 radical (unpaired) electrons. The Labute approximate surface area is 108 Å². The van der Waals surface area contributed by atoms with Gasteiger partial charge in [0.2, 0.25) is 5.91 Å². The van der Waals surface area contributed by atoms with Crippen LogP contribution in [0.15, 0.2) is 18.2 Å². The maximum absolute atomic E-state index is 12.0. The highest BCUT2D eigenvalue weighted by Gasteiger charge is 2.25. The molecule has 0 saturated carbocycles. The van der Waals surface area contributed by atoms with Gasteiger partial charge in [0, 0.05) is 19.0 Å². The smallest absolute Gasteiger partial charge is 0.225 e. The molecule has 0 bridgehead atoms. The van der Waals surface area contributed by atoms with Crippen LogP contribution in [0.25, 0.3) is 0 Å². The van der Waals surface area contributed by atoms with Gasteiger partial charge in [-0.05, 0) is 23.1 Å². The molecular formula is C15H21NO2. The van der Waals surface area contributed by atoms with Crippen LogP contribution in [0, 0.1) is 5.92 Å². The van der Waals surface area contributed by atoms with E-state index >= 15 is 0 Å². The zero-order valence-corrected chi connectivity index (χ0v) is 11.3. The number of amides is 1. The normalized spacial score (nSPS) is 15.9. The lowest BCUT2D eigenvalue weighted by Crippen LogP contribution is -2.29. The molecule has 1 heterocycles. The molecule has 18 heavy (non-hydrogen) atoms. The van der Waals surface area contributed by atoms with Crippen LogP contribution >= 0.6 is 0 Å². The second-order valence-corrected chi connectivity index (χ2v) is 5.30. The summed E-state index contributed by atoms with van der Waals surface area (Å²) in [6.45, 7) is 7.20. The molecule has 0 fully saturated rings. The maximum atomic E-state index is 12.0. The summed E-state index contributed by atoms with van der Waals surface area (Å²) in [4.78, 5) is 13.9. The SMILES string of the molecule is CCC(O)c1ccc2c(c1)CN(C(=O)C(C)C)C2. The van der Waals surface area contributed by atoms with E-state index in [-0.39, 0.29) is 11.8 Å². The van der Waals surface area contributed by atoms with E-state index in [9.17, 15) is 9.90 Å². The number of fused-ring (bicyclic) bond motifs is 1. The first-order valence-electron chi connectivity index (χ1n) is 6.61. The van der Waals surface area contributed by atoms with Gasteiger partial charge < -0.3 is 10.0 Å². The monoisotopic (exact) mass is 247 g/mol. The van der Waals surface area contributed by atoms with Crippen LogP contribution in [0.5, 0.6) is 0 Å². The third-order valence-corrected chi connectivity index (χ3v) is 3.53. The Bertz CT molecular complexity index is 454. The number of aliphatic hydroxyl groups excluding tert-OH is 1. The minimum atomic E-state index is -0.398. The molecule has 1 aromatic rings. The van der Waals surface area contributed by atoms with Gasteiger partial charge in [-0.3, -0.25) is 4.79 Å². The standard InChI is InChI=1S/C15H21NO2/c1-4-14(17)11-5-6-12-8-16(9-13(12)7-11)15(18)10(2)3/h5-7,10,14,17H,4,8-9H2,1-3H3. The van der Waals surface area contributed by atoms with E-state index in [2.05, 4.69) is 0 Å². The van der Waals surface area contributed by atoms with E-state index in [0.717, 1.165) is 5.56 Å². The Hall–Kier alpha value is -1.35. The van der Waals surface area contributed by atoms with Gasteiger partial charge in [-0.25, -0.2) is 0 Å². The van der Waals surface area contributed by atoms with Crippen LogP contribution in [0.3, 0.4) is 0 Å². The van der Waals surface area contributed by atoms with Gasteiger partial charge in [0.15, 0.2) is 0 Å². The van der Waals surface area contributed by atoms with Crippen molar-refractivity contribution in [2.24, 2.45) is 5.92 Å². The van der Waals surface area contributed by atoms with Crippen LogP contribution in [0.4, 0.5) is 0 Å². The van der Waals surface area contributed by atoms with Crippen LogP contribution in [-0.2, 0) is 17.9 Å². The lowest BCUT2D eigenvalue weighted by molar-refractivity contribution is -0.135. The number of nitrogens with zero attached hydrogens (tertiary/aromatic N) is 1. The van der Waals surface area contributed by atoms with Gasteiger partial charge in [0.25, 0.3) is 0 Å². The molecule has 1 amide bonds. The summed E-state index contributed by atoms with van der Waals surface area (Å²) in [6, 6.07) is 6.05. The van der Waals surface area contributed by atoms with Gasteiger partial charge >= 0.3 is 0 Å². The van der Waals surface area contributed by atoms with E-state index in [1.807, 2.05) is 43.9 Å². The molecule has 1 aliphatic heterocycles. The second-order valence-electron chi connectivity index (χ2n) is 5.30. The number of hydrogen-bond donors (Lipinski definition) is 1. The fourth-order valence-electron chi connectivity index (χ4n) is 2.38. The maximum Gasteiger partial charge on any atom is 0.225 e. The Morgan fingerprint density at radius 2 is 2.00 bits per heavy atom. The molecular weight excluding hydrogens is 226 g/mol. The van der Waals surface area contributed by atoms with Gasteiger partial charge in [-0.1, -0.05) is 39.0 Å². The number of benzene rings is 1. The van der Waals surface area contributed by atoms with Crippen molar-refractivity contribution in [3.05, 3.63) is 34.9 Å². The lowest BCUT2D eigenvalue weighted by Gasteiger charge is -2.17. The molecule has 98 valence electrons. The molecule has 1 atom stereocenters. The average Bonchev–Trinajstić information content (AvgIpc) is 2.79. The van der Waals surface area contributed by atoms with Gasteiger partial charge in [-0.15, -0.1) is 0 Å². The first-order valence-corrected chi connectivity index (χ1v) is 6.61. The highest BCUT2D eigenvalue weighted by atomic mass is 16.3. The predicted octanol–water partition coefficient (Wildman–Crippen LogP) is 2.63. The number of carbonyl (C=O) groups excluding carboxylic acids is 1. The summed E-state index contributed by atoms with van der Waals surface area (Å²) in [7, 11) is 0. The number of rotatable bonds is 3. The Balaban J connectivity index is 2.18. The topological polar surface area (TPSA) is 40.5 Å². The van der Waals surface area contributed by atoms with Crippen molar-refractivity contribution in [3.63, 3.8) is 0 Å². The van der Waals surface area contributed by atoms with Crippen molar-refractivity contribution in [1.29, 1.82) is 0 Å². The largest absolute Gasteiger partial charge is 0.388 e. The van der Waals surface area contributed by atoms with Crippen LogP contribution in [-0.4, -0.2) is 15.9 Å². The average molecular weight is 247 g/mol. The van der Waals surface area contributed by atoms with Crippen LogP contribution < -0.4 is 0 Å². The lowest BCUT2D eigenvalue weighted by atomic mass is 10.0. The van der Waals surface area contributed by atoms with Crippen molar-refractivity contribution in [3.8, 4) is 0 Å². The zero-order valence-electron chi connectivity index (χ0n) is 11.3. The molecule has 1 aromatic carbocycles. The summed E-state index contributed by atoms with van der Waals surface area (Å²) < 4.78 is 0. The highest BCUT2D eigenvalue weighted by molar-refractivity contribution is 5.78.